The normalized spacial score (nSPS) is 19.7. The van der Waals surface area contributed by atoms with E-state index >= 15 is 0 Å². The molecule has 1 fully saturated rings. The highest BCUT2D eigenvalue weighted by Gasteiger charge is 2.32. The van der Waals surface area contributed by atoms with Crippen molar-refractivity contribution in [1.29, 1.82) is 0 Å². The van der Waals surface area contributed by atoms with Gasteiger partial charge in [-0.05, 0) is 31.9 Å². The Labute approximate surface area is 159 Å². The summed E-state index contributed by atoms with van der Waals surface area (Å²) in [5.74, 6) is -0.335. The Morgan fingerprint density at radius 2 is 2.04 bits per heavy atom. The number of hydrogen-bond acceptors (Lipinski definition) is 4. The zero-order valence-electron chi connectivity index (χ0n) is 15.8. The van der Waals surface area contributed by atoms with Crippen LogP contribution in [0.4, 0.5) is 0 Å². The third kappa shape index (κ3) is 4.36. The van der Waals surface area contributed by atoms with Gasteiger partial charge in [-0.1, -0.05) is 25.1 Å². The van der Waals surface area contributed by atoms with Gasteiger partial charge < -0.3 is 15.3 Å². The summed E-state index contributed by atoms with van der Waals surface area (Å²) in [5.41, 5.74) is 1.80. The molecule has 27 heavy (non-hydrogen) atoms. The van der Waals surface area contributed by atoms with Crippen molar-refractivity contribution < 1.29 is 14.7 Å². The van der Waals surface area contributed by atoms with Gasteiger partial charge in [0.05, 0.1) is 23.4 Å². The summed E-state index contributed by atoms with van der Waals surface area (Å²) in [7, 11) is 0. The Morgan fingerprint density at radius 1 is 1.30 bits per heavy atom. The lowest BCUT2D eigenvalue weighted by Crippen LogP contribution is -2.55. The number of β-amino-alcohol motifs (C(OH)–C–C–N with tert-alkyl or cyclic N) is 1. The van der Waals surface area contributed by atoms with E-state index in [2.05, 4.69) is 17.3 Å². The van der Waals surface area contributed by atoms with Crippen molar-refractivity contribution in [2.45, 2.75) is 45.4 Å². The van der Waals surface area contributed by atoms with Crippen LogP contribution in [0, 0.1) is 6.92 Å². The molecule has 2 atom stereocenters. The van der Waals surface area contributed by atoms with Gasteiger partial charge in [0.25, 0.3) is 11.8 Å². The topological polar surface area (TPSA) is 87.5 Å². The highest BCUT2D eigenvalue weighted by Crippen LogP contribution is 2.16. The number of amides is 2. The molecule has 1 aromatic carbocycles. The van der Waals surface area contributed by atoms with Gasteiger partial charge in [-0.15, -0.1) is 0 Å². The highest BCUT2D eigenvalue weighted by atomic mass is 16.3. The van der Waals surface area contributed by atoms with Crippen molar-refractivity contribution >= 4 is 11.8 Å². The average Bonchev–Trinajstić information content (AvgIpc) is 3.04. The van der Waals surface area contributed by atoms with Gasteiger partial charge in [-0.3, -0.25) is 14.3 Å². The second kappa shape index (κ2) is 8.35. The minimum absolute atomic E-state index is 0.101. The number of nitrogens with zero attached hydrogens (tertiary/aromatic N) is 3. The van der Waals surface area contributed by atoms with Crippen molar-refractivity contribution in [2.24, 2.45) is 0 Å². The summed E-state index contributed by atoms with van der Waals surface area (Å²) >= 11 is 0. The first-order valence-electron chi connectivity index (χ1n) is 9.37. The summed E-state index contributed by atoms with van der Waals surface area (Å²) in [6.07, 6.45) is 2.39. The third-order valence-corrected chi connectivity index (χ3v) is 4.85. The van der Waals surface area contributed by atoms with E-state index < -0.39 is 6.10 Å². The monoisotopic (exact) mass is 370 g/mol. The zero-order valence-corrected chi connectivity index (χ0v) is 15.8. The van der Waals surface area contributed by atoms with Crippen LogP contribution < -0.4 is 5.32 Å². The van der Waals surface area contributed by atoms with Crippen LogP contribution in [0.1, 0.15) is 46.2 Å². The lowest BCUT2D eigenvalue weighted by molar-refractivity contribution is 0.0314. The Hall–Kier alpha value is -2.67. The molecule has 1 aromatic heterocycles. The molecule has 3 rings (SSSR count). The number of carbonyl (C=O) groups is 2. The number of aryl methyl sites for hydroxylation is 2. The molecule has 1 aliphatic heterocycles. The summed E-state index contributed by atoms with van der Waals surface area (Å²) in [6, 6.07) is 8.64. The molecular weight excluding hydrogens is 344 g/mol. The van der Waals surface area contributed by atoms with Crippen molar-refractivity contribution in [1.82, 2.24) is 20.0 Å². The van der Waals surface area contributed by atoms with E-state index in [0.717, 1.165) is 13.0 Å². The summed E-state index contributed by atoms with van der Waals surface area (Å²) < 4.78 is 1.77. The number of piperidine rings is 1. The van der Waals surface area contributed by atoms with Gasteiger partial charge in [-0.2, -0.15) is 5.10 Å². The maximum atomic E-state index is 12.6. The predicted molar refractivity (Wildman–Crippen MR) is 101 cm³/mol. The molecule has 7 nitrogen and oxygen atoms in total. The Balaban J connectivity index is 1.60. The molecule has 1 aliphatic rings. The van der Waals surface area contributed by atoms with Crippen LogP contribution in [-0.2, 0) is 6.54 Å². The molecule has 0 bridgehead atoms. The minimum Gasteiger partial charge on any atom is -0.389 e. The fraction of sp³-hybridized carbons (Fsp3) is 0.450. The van der Waals surface area contributed by atoms with Crippen LogP contribution in [0.5, 0.6) is 0 Å². The molecule has 2 amide bonds. The molecule has 2 N–H and O–H groups in total. The third-order valence-electron chi connectivity index (χ3n) is 4.85. The van der Waals surface area contributed by atoms with Crippen molar-refractivity contribution in [2.75, 3.05) is 13.1 Å². The summed E-state index contributed by atoms with van der Waals surface area (Å²) in [6.45, 7) is 5.31. The molecule has 2 heterocycles. The van der Waals surface area contributed by atoms with Gasteiger partial charge in [0.15, 0.2) is 0 Å². The van der Waals surface area contributed by atoms with Gasteiger partial charge >= 0.3 is 0 Å². The zero-order chi connectivity index (χ0) is 19.4. The van der Waals surface area contributed by atoms with Crippen LogP contribution in [0.2, 0.25) is 0 Å². The van der Waals surface area contributed by atoms with Crippen LogP contribution in [-0.4, -0.2) is 56.8 Å². The number of carbonyl (C=O) groups excluding carboxylic acids is 2. The van der Waals surface area contributed by atoms with Gasteiger partial charge in [0, 0.05) is 31.4 Å². The Kier molecular flexibility index (Phi) is 5.91. The van der Waals surface area contributed by atoms with E-state index in [9.17, 15) is 14.7 Å². The maximum absolute atomic E-state index is 12.6. The quantitative estimate of drug-likeness (QED) is 0.837. The first-order valence-corrected chi connectivity index (χ1v) is 9.37. The molecule has 0 radical (unpaired) electrons. The fourth-order valence-electron chi connectivity index (χ4n) is 3.38. The Bertz CT molecular complexity index is 803. The standard InChI is InChI=1S/C20H26N4O3/c1-3-10-24-12-16(14(2)22-24)19(26)21-17-9-11-23(13-18(17)25)20(27)15-7-5-4-6-8-15/h4-8,12,17-18,25H,3,9-11,13H2,1-2H3,(H,21,26)/t17-,18-/m1/s1. The van der Waals surface area contributed by atoms with Gasteiger partial charge in [0.2, 0.25) is 0 Å². The number of aliphatic hydroxyl groups is 1. The number of aliphatic hydroxyl groups excluding tert-OH is 1. The molecule has 2 aromatic rings. The number of benzene rings is 1. The SMILES string of the molecule is CCCn1cc(C(=O)N[C@@H]2CCN(C(=O)c3ccccc3)C[C@H]2O)c(C)n1. The van der Waals surface area contributed by atoms with Gasteiger partial charge in [-0.25, -0.2) is 0 Å². The molecule has 0 aliphatic carbocycles. The van der Waals surface area contributed by atoms with Crippen LogP contribution >= 0.6 is 0 Å². The molecule has 0 unspecified atom stereocenters. The smallest absolute Gasteiger partial charge is 0.255 e. The first-order chi connectivity index (χ1) is 13.0. The number of hydrogen-bond donors (Lipinski definition) is 2. The average molecular weight is 370 g/mol. The largest absolute Gasteiger partial charge is 0.389 e. The van der Waals surface area contributed by atoms with E-state index in [1.807, 2.05) is 18.2 Å². The number of likely N-dealkylation sites (tertiary alicyclic amines) is 1. The van der Waals surface area contributed by atoms with Crippen molar-refractivity contribution in [3.8, 4) is 0 Å². The molecule has 1 saturated heterocycles. The second-order valence-corrected chi connectivity index (χ2v) is 6.94. The summed E-state index contributed by atoms with van der Waals surface area (Å²) in [4.78, 5) is 26.7. The van der Waals surface area contributed by atoms with E-state index in [-0.39, 0.29) is 24.4 Å². The number of aromatic nitrogens is 2. The van der Waals surface area contributed by atoms with Crippen molar-refractivity contribution in [3.05, 3.63) is 53.3 Å². The first kappa shape index (κ1) is 19.1. The number of nitrogens with one attached hydrogen (secondary N) is 1. The molecule has 144 valence electrons. The minimum atomic E-state index is -0.804. The summed E-state index contributed by atoms with van der Waals surface area (Å²) in [5, 5.41) is 17.7. The van der Waals surface area contributed by atoms with Crippen LogP contribution in [0.25, 0.3) is 0 Å². The van der Waals surface area contributed by atoms with Crippen LogP contribution in [0.15, 0.2) is 36.5 Å². The number of rotatable bonds is 5. The second-order valence-electron chi connectivity index (χ2n) is 6.94. The van der Waals surface area contributed by atoms with E-state index in [1.165, 1.54) is 0 Å². The van der Waals surface area contributed by atoms with Crippen molar-refractivity contribution in [3.63, 3.8) is 0 Å². The van der Waals surface area contributed by atoms with Crippen LogP contribution in [0.3, 0.4) is 0 Å². The molecule has 0 spiro atoms. The molecule has 0 saturated carbocycles. The van der Waals surface area contributed by atoms with E-state index in [4.69, 9.17) is 0 Å². The lowest BCUT2D eigenvalue weighted by Gasteiger charge is -2.36. The maximum Gasteiger partial charge on any atom is 0.255 e. The predicted octanol–water partition coefficient (Wildman–Crippen LogP) is 1.61. The highest BCUT2D eigenvalue weighted by molar-refractivity contribution is 5.95. The molecular formula is C20H26N4O3. The van der Waals surface area contributed by atoms with E-state index in [0.29, 0.717) is 29.8 Å². The van der Waals surface area contributed by atoms with E-state index in [1.54, 1.807) is 34.8 Å². The molecule has 7 heteroatoms. The lowest BCUT2D eigenvalue weighted by atomic mass is 10.0. The Morgan fingerprint density at radius 3 is 2.70 bits per heavy atom. The fourth-order valence-corrected chi connectivity index (χ4v) is 3.38. The van der Waals surface area contributed by atoms with Gasteiger partial charge in [0.1, 0.15) is 0 Å².